The molecule has 1 atom stereocenters. The number of benzene rings is 1. The average molecular weight is 277 g/mol. The highest BCUT2D eigenvalue weighted by Crippen LogP contribution is 2.30. The van der Waals surface area contributed by atoms with Gasteiger partial charge in [0.2, 0.25) is 0 Å². The van der Waals surface area contributed by atoms with E-state index < -0.39 is 0 Å². The maximum atomic E-state index is 6.20. The van der Waals surface area contributed by atoms with Crippen LogP contribution in [0.2, 0.25) is 0 Å². The van der Waals surface area contributed by atoms with Gasteiger partial charge in [-0.05, 0) is 42.5 Å². The molecule has 0 bridgehead atoms. The van der Waals surface area contributed by atoms with E-state index in [4.69, 9.17) is 15.2 Å². The Morgan fingerprint density at radius 1 is 1.26 bits per heavy atom. The highest BCUT2D eigenvalue weighted by molar-refractivity contribution is 7.10. The van der Waals surface area contributed by atoms with Crippen molar-refractivity contribution < 1.29 is 9.47 Å². The van der Waals surface area contributed by atoms with Crippen LogP contribution in [0, 0.1) is 0 Å². The lowest BCUT2D eigenvalue weighted by Crippen LogP contribution is -2.11. The van der Waals surface area contributed by atoms with Gasteiger partial charge in [-0.2, -0.15) is 0 Å². The molecule has 2 rings (SSSR count). The van der Waals surface area contributed by atoms with Crippen LogP contribution in [-0.2, 0) is 6.42 Å². The summed E-state index contributed by atoms with van der Waals surface area (Å²) in [6.45, 7) is 2.59. The van der Waals surface area contributed by atoms with Crippen molar-refractivity contribution in [2.45, 2.75) is 19.4 Å². The Balaban J connectivity index is 2.12. The summed E-state index contributed by atoms with van der Waals surface area (Å²) in [7, 11) is 1.65. The molecule has 2 aromatic rings. The maximum absolute atomic E-state index is 6.20. The summed E-state index contributed by atoms with van der Waals surface area (Å²) in [5.74, 6) is 1.54. The predicted molar refractivity (Wildman–Crippen MR) is 79.1 cm³/mol. The Morgan fingerprint density at radius 3 is 2.74 bits per heavy atom. The molecule has 0 saturated carbocycles. The third-order valence-corrected chi connectivity index (χ3v) is 3.90. The Hall–Kier alpha value is -1.52. The van der Waals surface area contributed by atoms with Crippen molar-refractivity contribution in [2.24, 2.45) is 5.73 Å². The van der Waals surface area contributed by atoms with Crippen LogP contribution < -0.4 is 15.2 Å². The summed E-state index contributed by atoms with van der Waals surface area (Å²) < 4.78 is 10.9. The van der Waals surface area contributed by atoms with Gasteiger partial charge in [0.15, 0.2) is 11.5 Å². The minimum absolute atomic E-state index is 0.0302. The van der Waals surface area contributed by atoms with Crippen LogP contribution in [0.1, 0.15) is 23.4 Å². The molecule has 0 saturated heterocycles. The van der Waals surface area contributed by atoms with E-state index in [1.165, 1.54) is 4.88 Å². The Bertz CT molecular complexity index is 511. The molecule has 0 radical (unpaired) electrons. The first kappa shape index (κ1) is 13.9. The summed E-state index contributed by atoms with van der Waals surface area (Å²) in [5, 5.41) is 2.05. The monoisotopic (exact) mass is 277 g/mol. The number of hydrogen-bond acceptors (Lipinski definition) is 4. The van der Waals surface area contributed by atoms with Crippen LogP contribution in [0.3, 0.4) is 0 Å². The first-order chi connectivity index (χ1) is 9.24. The first-order valence-electron chi connectivity index (χ1n) is 6.33. The smallest absolute Gasteiger partial charge is 0.161 e. The molecule has 0 spiro atoms. The molecule has 1 unspecified atom stereocenters. The number of ether oxygens (including phenoxy) is 2. The first-order valence-corrected chi connectivity index (χ1v) is 7.21. The van der Waals surface area contributed by atoms with Crippen molar-refractivity contribution in [1.82, 2.24) is 0 Å². The van der Waals surface area contributed by atoms with E-state index in [0.29, 0.717) is 6.61 Å². The Kier molecular flexibility index (Phi) is 4.82. The fourth-order valence-corrected chi connectivity index (χ4v) is 2.70. The van der Waals surface area contributed by atoms with Gasteiger partial charge in [0.25, 0.3) is 0 Å². The SMILES string of the molecule is CCOc1ccc(CC(N)c2cccs2)cc1OC. The molecular weight excluding hydrogens is 258 g/mol. The average Bonchev–Trinajstić information content (AvgIpc) is 2.94. The second-order valence-corrected chi connectivity index (χ2v) is 5.22. The quantitative estimate of drug-likeness (QED) is 0.880. The van der Waals surface area contributed by atoms with E-state index in [0.717, 1.165) is 23.5 Å². The number of methoxy groups -OCH3 is 1. The molecule has 2 N–H and O–H groups in total. The molecule has 19 heavy (non-hydrogen) atoms. The third kappa shape index (κ3) is 3.49. The zero-order valence-corrected chi connectivity index (χ0v) is 12.1. The molecule has 1 aromatic heterocycles. The second-order valence-electron chi connectivity index (χ2n) is 4.24. The summed E-state index contributed by atoms with van der Waals surface area (Å²) in [5.41, 5.74) is 7.35. The highest BCUT2D eigenvalue weighted by Gasteiger charge is 2.11. The van der Waals surface area contributed by atoms with E-state index in [1.54, 1.807) is 18.4 Å². The molecule has 0 amide bonds. The maximum Gasteiger partial charge on any atom is 0.161 e. The van der Waals surface area contributed by atoms with Crippen LogP contribution >= 0.6 is 11.3 Å². The van der Waals surface area contributed by atoms with Gasteiger partial charge < -0.3 is 15.2 Å². The number of thiophene rings is 1. The molecule has 1 heterocycles. The van der Waals surface area contributed by atoms with Crippen molar-refractivity contribution in [1.29, 1.82) is 0 Å². The zero-order valence-electron chi connectivity index (χ0n) is 11.3. The standard InChI is InChI=1S/C15H19NO2S/c1-3-18-13-7-6-11(10-14(13)17-2)9-12(16)15-5-4-8-19-15/h4-8,10,12H,3,9,16H2,1-2H3. The lowest BCUT2D eigenvalue weighted by Gasteiger charge is -2.13. The van der Waals surface area contributed by atoms with Crippen LogP contribution in [0.4, 0.5) is 0 Å². The summed E-state index contributed by atoms with van der Waals surface area (Å²) in [6, 6.07) is 10.1. The van der Waals surface area contributed by atoms with Gasteiger partial charge in [0, 0.05) is 10.9 Å². The molecule has 102 valence electrons. The van der Waals surface area contributed by atoms with Gasteiger partial charge in [0.05, 0.1) is 13.7 Å². The molecule has 0 aliphatic carbocycles. The topological polar surface area (TPSA) is 44.5 Å². The molecule has 0 fully saturated rings. The van der Waals surface area contributed by atoms with Gasteiger partial charge in [-0.3, -0.25) is 0 Å². The van der Waals surface area contributed by atoms with Crippen LogP contribution in [-0.4, -0.2) is 13.7 Å². The predicted octanol–water partition coefficient (Wildman–Crippen LogP) is 3.40. The zero-order chi connectivity index (χ0) is 13.7. The van der Waals surface area contributed by atoms with E-state index in [9.17, 15) is 0 Å². The Morgan fingerprint density at radius 2 is 2.11 bits per heavy atom. The van der Waals surface area contributed by atoms with E-state index >= 15 is 0 Å². The molecule has 3 nitrogen and oxygen atoms in total. The van der Waals surface area contributed by atoms with E-state index in [1.807, 2.05) is 36.6 Å². The lowest BCUT2D eigenvalue weighted by molar-refractivity contribution is 0.310. The molecule has 4 heteroatoms. The van der Waals surface area contributed by atoms with Gasteiger partial charge in [-0.25, -0.2) is 0 Å². The fraction of sp³-hybridized carbons (Fsp3) is 0.333. The fourth-order valence-electron chi connectivity index (χ4n) is 1.97. The van der Waals surface area contributed by atoms with Gasteiger partial charge >= 0.3 is 0 Å². The number of nitrogens with two attached hydrogens (primary N) is 1. The second kappa shape index (κ2) is 6.59. The Labute approximate surface area is 118 Å². The minimum atomic E-state index is 0.0302. The van der Waals surface area contributed by atoms with Crippen LogP contribution in [0.15, 0.2) is 35.7 Å². The van der Waals surface area contributed by atoms with Gasteiger partial charge in [-0.15, -0.1) is 11.3 Å². The van der Waals surface area contributed by atoms with Crippen LogP contribution in [0.25, 0.3) is 0 Å². The highest BCUT2D eigenvalue weighted by atomic mass is 32.1. The van der Waals surface area contributed by atoms with E-state index in [-0.39, 0.29) is 6.04 Å². The lowest BCUT2D eigenvalue weighted by atomic mass is 10.0. The molecule has 0 aliphatic rings. The third-order valence-electron chi connectivity index (χ3n) is 2.89. The normalized spacial score (nSPS) is 12.2. The number of hydrogen-bond donors (Lipinski definition) is 1. The molecular formula is C15H19NO2S. The van der Waals surface area contributed by atoms with Crippen molar-refractivity contribution in [3.8, 4) is 11.5 Å². The van der Waals surface area contributed by atoms with Crippen molar-refractivity contribution in [3.05, 3.63) is 46.2 Å². The van der Waals surface area contributed by atoms with Crippen molar-refractivity contribution in [3.63, 3.8) is 0 Å². The van der Waals surface area contributed by atoms with E-state index in [2.05, 4.69) is 6.07 Å². The summed E-state index contributed by atoms with van der Waals surface area (Å²) >= 11 is 1.69. The number of rotatable bonds is 6. The minimum Gasteiger partial charge on any atom is -0.493 e. The molecule has 1 aromatic carbocycles. The van der Waals surface area contributed by atoms with Crippen molar-refractivity contribution in [2.75, 3.05) is 13.7 Å². The summed E-state index contributed by atoms with van der Waals surface area (Å²) in [6.07, 6.45) is 0.795. The molecule has 0 aliphatic heterocycles. The van der Waals surface area contributed by atoms with Crippen molar-refractivity contribution >= 4 is 11.3 Å². The summed E-state index contributed by atoms with van der Waals surface area (Å²) in [4.78, 5) is 1.20. The van der Waals surface area contributed by atoms with Crippen LogP contribution in [0.5, 0.6) is 11.5 Å². The largest absolute Gasteiger partial charge is 0.493 e. The van der Waals surface area contributed by atoms with Gasteiger partial charge in [0.1, 0.15) is 0 Å². The van der Waals surface area contributed by atoms with Gasteiger partial charge in [-0.1, -0.05) is 12.1 Å².